The fourth-order valence-corrected chi connectivity index (χ4v) is 4.62. The minimum absolute atomic E-state index is 0.0196. The number of benzene rings is 2. The predicted molar refractivity (Wildman–Crippen MR) is 120 cm³/mol. The molecule has 2 aliphatic heterocycles. The Hall–Kier alpha value is -2.99. The zero-order chi connectivity index (χ0) is 21.6. The Kier molecular flexibility index (Phi) is 6.77. The fraction of sp³-hybridized carbons (Fsp3) is 0.400. The molecule has 1 saturated heterocycles. The van der Waals surface area contributed by atoms with E-state index >= 15 is 0 Å². The number of carbonyl (C=O) groups is 1. The molecule has 2 aromatic rings. The molecule has 31 heavy (non-hydrogen) atoms. The number of nitrogens with zero attached hydrogens (tertiary/aromatic N) is 1. The quantitative estimate of drug-likeness (QED) is 0.689. The van der Waals surface area contributed by atoms with Crippen LogP contribution in [-0.4, -0.2) is 44.7 Å². The summed E-state index contributed by atoms with van der Waals surface area (Å²) in [6.07, 6.45) is 7.43. The van der Waals surface area contributed by atoms with E-state index in [1.165, 1.54) is 5.56 Å². The average Bonchev–Trinajstić information content (AvgIpc) is 2.83. The summed E-state index contributed by atoms with van der Waals surface area (Å²) < 4.78 is 17.5. The Morgan fingerprint density at radius 2 is 1.84 bits per heavy atom. The van der Waals surface area contributed by atoms with E-state index in [1.54, 1.807) is 14.2 Å². The molecule has 2 unspecified atom stereocenters. The highest BCUT2D eigenvalue weighted by Crippen LogP contribution is 2.42. The van der Waals surface area contributed by atoms with E-state index in [0.717, 1.165) is 49.2 Å². The van der Waals surface area contributed by atoms with Gasteiger partial charge in [0.05, 0.1) is 20.3 Å². The molecule has 1 fully saturated rings. The molecular weight excluding hydrogens is 392 g/mol. The van der Waals surface area contributed by atoms with Gasteiger partial charge in [0.25, 0.3) is 0 Å². The number of carbonyl (C=O) groups excluding carboxylic acids is 1. The van der Waals surface area contributed by atoms with Gasteiger partial charge in [-0.05, 0) is 42.7 Å². The van der Waals surface area contributed by atoms with Gasteiger partial charge in [-0.3, -0.25) is 4.79 Å². The maximum Gasteiger partial charge on any atom is 0.209 e. The SMILES string of the molecule is COc1ccc2c(c1OC)CC(C1CCN(/C=C\c3ccccc3)CC1)OC2NC=O. The van der Waals surface area contributed by atoms with Crippen molar-refractivity contribution in [1.82, 2.24) is 10.2 Å². The smallest absolute Gasteiger partial charge is 0.209 e. The molecule has 164 valence electrons. The lowest BCUT2D eigenvalue weighted by atomic mass is 9.84. The second kappa shape index (κ2) is 9.88. The minimum Gasteiger partial charge on any atom is -0.493 e. The number of amides is 1. The topological polar surface area (TPSA) is 60.0 Å². The first kappa shape index (κ1) is 21.2. The van der Waals surface area contributed by atoms with Gasteiger partial charge < -0.3 is 24.4 Å². The van der Waals surface area contributed by atoms with Crippen LogP contribution in [0.2, 0.25) is 0 Å². The second-order valence-electron chi connectivity index (χ2n) is 8.01. The van der Waals surface area contributed by atoms with Gasteiger partial charge in [0.2, 0.25) is 6.41 Å². The number of nitrogens with one attached hydrogen (secondary N) is 1. The summed E-state index contributed by atoms with van der Waals surface area (Å²) in [5, 5.41) is 2.83. The van der Waals surface area contributed by atoms with Crippen molar-refractivity contribution in [1.29, 1.82) is 0 Å². The van der Waals surface area contributed by atoms with E-state index in [1.807, 2.05) is 18.2 Å². The van der Waals surface area contributed by atoms with Crippen molar-refractivity contribution in [3.63, 3.8) is 0 Å². The van der Waals surface area contributed by atoms with Gasteiger partial charge in [-0.1, -0.05) is 36.4 Å². The summed E-state index contributed by atoms with van der Waals surface area (Å²) in [5.74, 6) is 1.85. The molecule has 1 amide bonds. The van der Waals surface area contributed by atoms with Gasteiger partial charge in [0.1, 0.15) is 0 Å². The van der Waals surface area contributed by atoms with Gasteiger partial charge >= 0.3 is 0 Å². The number of likely N-dealkylation sites (tertiary alicyclic amines) is 1. The lowest BCUT2D eigenvalue weighted by molar-refractivity contribution is -0.120. The molecule has 0 aromatic heterocycles. The fourth-order valence-electron chi connectivity index (χ4n) is 4.62. The summed E-state index contributed by atoms with van der Waals surface area (Å²) in [6, 6.07) is 14.2. The lowest BCUT2D eigenvalue weighted by Crippen LogP contribution is -2.42. The molecule has 0 bridgehead atoms. The molecule has 1 N–H and O–H groups in total. The number of ether oxygens (including phenoxy) is 3. The van der Waals surface area contributed by atoms with E-state index in [9.17, 15) is 4.79 Å². The molecule has 0 aliphatic carbocycles. The molecule has 4 rings (SSSR count). The van der Waals surface area contributed by atoms with E-state index in [-0.39, 0.29) is 6.10 Å². The van der Waals surface area contributed by atoms with Crippen molar-refractivity contribution in [3.05, 3.63) is 65.4 Å². The largest absolute Gasteiger partial charge is 0.493 e. The molecule has 0 spiro atoms. The van der Waals surface area contributed by atoms with Crippen molar-refractivity contribution in [2.45, 2.75) is 31.6 Å². The zero-order valence-corrected chi connectivity index (χ0v) is 18.1. The van der Waals surface area contributed by atoms with E-state index in [0.29, 0.717) is 18.1 Å². The summed E-state index contributed by atoms with van der Waals surface area (Å²) in [4.78, 5) is 13.6. The molecule has 0 radical (unpaired) electrons. The van der Waals surface area contributed by atoms with Crippen LogP contribution < -0.4 is 14.8 Å². The number of piperidine rings is 1. The third kappa shape index (κ3) is 4.69. The summed E-state index contributed by atoms with van der Waals surface area (Å²) in [7, 11) is 3.29. The van der Waals surface area contributed by atoms with Crippen LogP contribution in [-0.2, 0) is 16.0 Å². The maximum atomic E-state index is 11.2. The van der Waals surface area contributed by atoms with Crippen molar-refractivity contribution >= 4 is 12.5 Å². The Morgan fingerprint density at radius 3 is 2.52 bits per heavy atom. The Balaban J connectivity index is 1.46. The molecule has 2 aromatic carbocycles. The molecule has 2 atom stereocenters. The first-order valence-corrected chi connectivity index (χ1v) is 10.8. The van der Waals surface area contributed by atoms with E-state index in [2.05, 4.69) is 46.8 Å². The van der Waals surface area contributed by atoms with Crippen LogP contribution in [0.4, 0.5) is 0 Å². The highest BCUT2D eigenvalue weighted by Gasteiger charge is 2.36. The van der Waals surface area contributed by atoms with E-state index < -0.39 is 6.23 Å². The number of fused-ring (bicyclic) bond motifs is 1. The second-order valence-corrected chi connectivity index (χ2v) is 8.01. The third-order valence-electron chi connectivity index (χ3n) is 6.28. The van der Waals surface area contributed by atoms with Crippen LogP contribution in [0.5, 0.6) is 11.5 Å². The van der Waals surface area contributed by atoms with Gasteiger partial charge in [0.15, 0.2) is 17.7 Å². The van der Waals surface area contributed by atoms with Gasteiger partial charge in [0, 0.05) is 30.6 Å². The monoisotopic (exact) mass is 422 g/mol. The standard InChI is InChI=1S/C25H30N2O4/c1-29-22-9-8-20-21(24(22)30-2)16-23(31-25(20)26-17-28)19-11-14-27(15-12-19)13-10-18-6-4-3-5-7-18/h3-10,13,17,19,23,25H,11-12,14-16H2,1-2H3,(H,26,28)/b13-10-. The summed E-state index contributed by atoms with van der Waals surface area (Å²) in [6.45, 7) is 1.98. The number of rotatable bonds is 7. The van der Waals surface area contributed by atoms with Crippen LogP contribution in [0, 0.1) is 5.92 Å². The van der Waals surface area contributed by atoms with Crippen molar-refractivity contribution in [2.24, 2.45) is 5.92 Å². The van der Waals surface area contributed by atoms with Crippen LogP contribution >= 0.6 is 0 Å². The number of hydrogen-bond acceptors (Lipinski definition) is 5. The normalized spacial score (nSPS) is 21.5. The highest BCUT2D eigenvalue weighted by atomic mass is 16.5. The first-order valence-electron chi connectivity index (χ1n) is 10.8. The molecule has 2 aliphatic rings. The van der Waals surface area contributed by atoms with Gasteiger partial charge in [-0.25, -0.2) is 0 Å². The molecule has 2 heterocycles. The van der Waals surface area contributed by atoms with Crippen LogP contribution in [0.25, 0.3) is 6.08 Å². The van der Waals surface area contributed by atoms with Crippen LogP contribution in [0.3, 0.4) is 0 Å². The lowest BCUT2D eigenvalue weighted by Gasteiger charge is -2.40. The minimum atomic E-state index is -0.470. The van der Waals surface area contributed by atoms with E-state index in [4.69, 9.17) is 14.2 Å². The van der Waals surface area contributed by atoms with Crippen LogP contribution in [0.1, 0.15) is 35.8 Å². The van der Waals surface area contributed by atoms with Crippen LogP contribution in [0.15, 0.2) is 48.7 Å². The maximum absolute atomic E-state index is 11.2. The van der Waals surface area contributed by atoms with Gasteiger partial charge in [-0.2, -0.15) is 0 Å². The number of methoxy groups -OCH3 is 2. The van der Waals surface area contributed by atoms with Crippen molar-refractivity contribution in [2.75, 3.05) is 27.3 Å². The van der Waals surface area contributed by atoms with Gasteiger partial charge in [-0.15, -0.1) is 0 Å². The molecule has 0 saturated carbocycles. The van der Waals surface area contributed by atoms with Crippen molar-refractivity contribution < 1.29 is 19.0 Å². The number of hydrogen-bond donors (Lipinski definition) is 1. The third-order valence-corrected chi connectivity index (χ3v) is 6.28. The molecular formula is C25H30N2O4. The predicted octanol–water partition coefficient (Wildman–Crippen LogP) is 3.77. The first-order chi connectivity index (χ1) is 15.2. The molecule has 6 nitrogen and oxygen atoms in total. The Bertz CT molecular complexity index is 907. The van der Waals surface area contributed by atoms with Crippen molar-refractivity contribution in [3.8, 4) is 11.5 Å². The molecule has 6 heteroatoms. The zero-order valence-electron chi connectivity index (χ0n) is 18.1. The average molecular weight is 423 g/mol. The summed E-state index contributed by atoms with van der Waals surface area (Å²) in [5.41, 5.74) is 3.20. The highest BCUT2D eigenvalue weighted by molar-refractivity contribution is 5.55. The summed E-state index contributed by atoms with van der Waals surface area (Å²) >= 11 is 0. The Morgan fingerprint density at radius 1 is 1.06 bits per heavy atom. The Labute approximate surface area is 183 Å².